The summed E-state index contributed by atoms with van der Waals surface area (Å²) in [6, 6.07) is 8.66. The summed E-state index contributed by atoms with van der Waals surface area (Å²) < 4.78 is 11.7. The SMILES string of the molecule is [2H]C12CCC(C)(C3=C[N+](C)=C(c4ccccc4C)CC31)C2(C)C. The maximum Gasteiger partial charge on any atom is 0.189 e. The van der Waals surface area contributed by atoms with Crippen molar-refractivity contribution in [3.8, 4) is 0 Å². The van der Waals surface area contributed by atoms with E-state index >= 15 is 0 Å². The summed E-state index contributed by atoms with van der Waals surface area (Å²) in [6.07, 6.45) is 5.59. The lowest BCUT2D eigenvalue weighted by Gasteiger charge is -2.35. The third kappa shape index (κ3) is 1.58. The predicted molar refractivity (Wildman–Crippen MR) is 92.3 cm³/mol. The van der Waals surface area contributed by atoms with Crippen LogP contribution in [0.15, 0.2) is 36.0 Å². The minimum absolute atomic E-state index is 0.0541. The average molecular weight is 295 g/mol. The topological polar surface area (TPSA) is 3.01 Å². The minimum Gasteiger partial charge on any atom is -0.205 e. The summed E-state index contributed by atoms with van der Waals surface area (Å²) >= 11 is 0. The molecule has 3 aliphatic rings. The number of allylic oxidation sites excluding steroid dienone is 1. The Morgan fingerprint density at radius 1 is 1.23 bits per heavy atom. The second kappa shape index (κ2) is 4.34. The summed E-state index contributed by atoms with van der Waals surface area (Å²) in [5.74, 6) is 0.0602. The Morgan fingerprint density at radius 2 is 1.95 bits per heavy atom. The summed E-state index contributed by atoms with van der Waals surface area (Å²) in [6.45, 7) is 9.26. The molecule has 2 saturated carbocycles. The summed E-state index contributed by atoms with van der Waals surface area (Å²) in [7, 11) is 2.18. The van der Waals surface area contributed by atoms with Gasteiger partial charge in [-0.3, -0.25) is 0 Å². The van der Waals surface area contributed by atoms with E-state index < -0.39 is 0 Å². The molecular formula is C21H28N+. The number of hydrogen-bond donors (Lipinski definition) is 0. The Balaban J connectivity index is 1.87. The van der Waals surface area contributed by atoms with Gasteiger partial charge in [0.05, 0.1) is 0 Å². The van der Waals surface area contributed by atoms with Gasteiger partial charge in [0.2, 0.25) is 0 Å². The standard InChI is InChI=1S/C21H28N/c1-14-8-6-7-9-15(14)19-12-16-17-10-11-21(4,20(17,2)3)18(16)13-22(19)5/h6-9,13,16-17H,10-12H2,1-5H3/q+1/i17D. The van der Waals surface area contributed by atoms with E-state index in [1.165, 1.54) is 28.8 Å². The fourth-order valence-corrected chi connectivity index (χ4v) is 5.34. The van der Waals surface area contributed by atoms with Gasteiger partial charge in [-0.1, -0.05) is 39.0 Å². The van der Waals surface area contributed by atoms with Crippen LogP contribution in [0.1, 0.15) is 52.5 Å². The first-order valence-electron chi connectivity index (χ1n) is 9.09. The van der Waals surface area contributed by atoms with E-state index in [-0.39, 0.29) is 16.7 Å². The molecule has 22 heavy (non-hydrogen) atoms. The largest absolute Gasteiger partial charge is 0.205 e. The number of aryl methyl sites for hydroxylation is 1. The highest BCUT2D eigenvalue weighted by Crippen LogP contribution is 2.71. The van der Waals surface area contributed by atoms with Crippen LogP contribution in [-0.2, 0) is 0 Å². The molecule has 1 heterocycles. The molecule has 0 amide bonds. The normalized spacial score (nSPS) is 39.6. The summed E-state index contributed by atoms with van der Waals surface area (Å²) in [5.41, 5.74) is 5.83. The zero-order valence-corrected chi connectivity index (χ0v) is 14.5. The van der Waals surface area contributed by atoms with Crippen LogP contribution in [0, 0.1) is 29.6 Å². The van der Waals surface area contributed by atoms with Crippen LogP contribution in [0.25, 0.3) is 0 Å². The molecule has 2 fully saturated rings. The van der Waals surface area contributed by atoms with Gasteiger partial charge in [-0.15, -0.1) is 0 Å². The van der Waals surface area contributed by atoms with Crippen LogP contribution in [0.2, 0.25) is 0 Å². The van der Waals surface area contributed by atoms with Crippen LogP contribution < -0.4 is 0 Å². The Bertz CT molecular complexity index is 757. The van der Waals surface area contributed by atoms with Crippen molar-refractivity contribution in [3.05, 3.63) is 47.2 Å². The molecule has 2 aliphatic carbocycles. The fraction of sp³-hybridized carbons (Fsp3) is 0.571. The summed E-state index contributed by atoms with van der Waals surface area (Å²) in [4.78, 5) is 0. The highest BCUT2D eigenvalue weighted by Gasteiger charge is 2.65. The Hall–Kier alpha value is -1.37. The maximum atomic E-state index is 9.32. The van der Waals surface area contributed by atoms with Gasteiger partial charge in [0, 0.05) is 24.3 Å². The van der Waals surface area contributed by atoms with Gasteiger partial charge >= 0.3 is 0 Å². The van der Waals surface area contributed by atoms with Gasteiger partial charge in [0.15, 0.2) is 11.9 Å². The number of nitrogens with zero attached hydrogens (tertiary/aromatic N) is 1. The highest BCUT2D eigenvalue weighted by atomic mass is 15.0. The van der Waals surface area contributed by atoms with Crippen LogP contribution in [0.4, 0.5) is 0 Å². The number of hydrogen-bond acceptors (Lipinski definition) is 0. The van der Waals surface area contributed by atoms with Crippen molar-refractivity contribution < 1.29 is 5.95 Å². The lowest BCUT2D eigenvalue weighted by atomic mass is 9.69. The maximum absolute atomic E-state index is 9.32. The Morgan fingerprint density at radius 3 is 2.68 bits per heavy atom. The molecule has 1 aromatic carbocycles. The van der Waals surface area contributed by atoms with Crippen LogP contribution >= 0.6 is 0 Å². The molecule has 0 radical (unpaired) electrons. The van der Waals surface area contributed by atoms with E-state index in [2.05, 4.69) is 69.8 Å². The second-order valence-electron chi connectivity index (χ2n) is 8.20. The molecule has 116 valence electrons. The van der Waals surface area contributed by atoms with Crippen molar-refractivity contribution in [1.82, 2.24) is 0 Å². The summed E-state index contributed by atoms with van der Waals surface area (Å²) in [5, 5.41) is 0. The zero-order valence-electron chi connectivity index (χ0n) is 15.5. The average Bonchev–Trinajstić information content (AvgIpc) is 2.76. The van der Waals surface area contributed by atoms with Gasteiger partial charge < -0.3 is 0 Å². The van der Waals surface area contributed by atoms with Gasteiger partial charge in [-0.25, -0.2) is 4.58 Å². The molecule has 1 aliphatic heterocycles. The molecule has 1 heteroatoms. The smallest absolute Gasteiger partial charge is 0.189 e. The molecule has 2 bridgehead atoms. The molecule has 0 aromatic heterocycles. The Labute approximate surface area is 136 Å². The first kappa shape index (κ1) is 13.1. The number of benzene rings is 1. The molecule has 0 N–H and O–H groups in total. The van der Waals surface area contributed by atoms with E-state index in [4.69, 9.17) is 0 Å². The van der Waals surface area contributed by atoms with Crippen LogP contribution in [-0.4, -0.2) is 17.3 Å². The first-order valence-corrected chi connectivity index (χ1v) is 8.59. The molecule has 1 nitrogen and oxygen atoms in total. The monoisotopic (exact) mass is 295 g/mol. The van der Waals surface area contributed by atoms with Crippen molar-refractivity contribution in [2.45, 2.75) is 47.0 Å². The van der Waals surface area contributed by atoms with Gasteiger partial charge in [0.1, 0.15) is 7.05 Å². The van der Waals surface area contributed by atoms with E-state index in [9.17, 15) is 1.37 Å². The van der Waals surface area contributed by atoms with Crippen molar-refractivity contribution in [2.75, 3.05) is 7.05 Å². The third-order valence-electron chi connectivity index (χ3n) is 7.12. The number of rotatable bonds is 1. The number of fused-ring (bicyclic) bond motifs is 5. The lowest BCUT2D eigenvalue weighted by Crippen LogP contribution is -2.31. The van der Waals surface area contributed by atoms with Gasteiger partial charge in [0.25, 0.3) is 0 Å². The predicted octanol–water partition coefficient (Wildman–Crippen LogP) is 4.79. The van der Waals surface area contributed by atoms with Crippen molar-refractivity contribution >= 4 is 5.71 Å². The highest BCUT2D eigenvalue weighted by molar-refractivity contribution is 5.99. The second-order valence-corrected chi connectivity index (χ2v) is 8.20. The van der Waals surface area contributed by atoms with Crippen molar-refractivity contribution in [1.29, 1.82) is 0 Å². The Kier molecular flexibility index (Phi) is 2.58. The fourth-order valence-electron chi connectivity index (χ4n) is 5.34. The van der Waals surface area contributed by atoms with E-state index in [0.29, 0.717) is 5.92 Å². The molecule has 0 saturated heterocycles. The lowest BCUT2D eigenvalue weighted by molar-refractivity contribution is -0.427. The molecule has 4 rings (SSSR count). The molecule has 1 aromatic rings. The van der Waals surface area contributed by atoms with Gasteiger partial charge in [-0.05, 0) is 48.6 Å². The van der Waals surface area contributed by atoms with Crippen molar-refractivity contribution in [3.63, 3.8) is 0 Å². The van der Waals surface area contributed by atoms with Crippen LogP contribution in [0.5, 0.6) is 0 Å². The van der Waals surface area contributed by atoms with Crippen LogP contribution in [0.3, 0.4) is 0 Å². The third-order valence-corrected chi connectivity index (χ3v) is 7.12. The van der Waals surface area contributed by atoms with Gasteiger partial charge in [-0.2, -0.15) is 0 Å². The first-order chi connectivity index (χ1) is 10.7. The van der Waals surface area contributed by atoms with E-state index in [1.807, 2.05) is 0 Å². The zero-order chi connectivity index (χ0) is 16.6. The molecular weight excluding hydrogens is 266 g/mol. The quantitative estimate of drug-likeness (QED) is 0.656. The van der Waals surface area contributed by atoms with E-state index in [0.717, 1.165) is 12.8 Å². The molecule has 3 unspecified atom stereocenters. The minimum atomic E-state index is -0.317. The molecule has 3 atom stereocenters. The van der Waals surface area contributed by atoms with E-state index in [1.54, 1.807) is 0 Å². The molecule has 0 spiro atoms. The van der Waals surface area contributed by atoms with Crippen molar-refractivity contribution in [2.24, 2.45) is 22.6 Å².